The third kappa shape index (κ3) is 6.49. The van der Waals surface area contributed by atoms with E-state index in [0.717, 1.165) is 39.1 Å². The molecule has 0 radical (unpaired) electrons. The van der Waals surface area contributed by atoms with E-state index in [2.05, 4.69) is 39.1 Å². The van der Waals surface area contributed by atoms with Gasteiger partial charge in [-0.25, -0.2) is 4.79 Å². The molecular weight excluding hydrogens is 406 g/mol. The van der Waals surface area contributed by atoms with Crippen LogP contribution in [0.3, 0.4) is 0 Å². The summed E-state index contributed by atoms with van der Waals surface area (Å²) in [6.45, 7) is 11.4. The van der Waals surface area contributed by atoms with E-state index in [1.165, 1.54) is 12.8 Å². The van der Waals surface area contributed by atoms with Crippen molar-refractivity contribution in [2.24, 2.45) is 4.99 Å². The lowest BCUT2D eigenvalue weighted by Crippen LogP contribution is -2.46. The average molecular weight is 440 g/mol. The van der Waals surface area contributed by atoms with Gasteiger partial charge in [-0.1, -0.05) is 18.2 Å². The van der Waals surface area contributed by atoms with Crippen molar-refractivity contribution in [3.8, 4) is 17.2 Å². The van der Waals surface area contributed by atoms with Crippen molar-refractivity contribution >= 4 is 17.5 Å². The van der Waals surface area contributed by atoms with Crippen molar-refractivity contribution in [2.75, 3.05) is 51.3 Å². The van der Waals surface area contributed by atoms with Crippen LogP contribution in [-0.4, -0.2) is 63.0 Å². The van der Waals surface area contributed by atoms with Gasteiger partial charge < -0.3 is 19.1 Å². The quantitative estimate of drug-likeness (QED) is 0.327. The molecule has 0 aliphatic carbocycles. The Morgan fingerprint density at radius 1 is 1.00 bits per heavy atom. The molecule has 0 amide bonds. The summed E-state index contributed by atoms with van der Waals surface area (Å²) < 4.78 is 17.4. The summed E-state index contributed by atoms with van der Waals surface area (Å²) in [5.74, 6) is 1.38. The maximum Gasteiger partial charge on any atom is 0.240 e. The van der Waals surface area contributed by atoms with E-state index in [1.807, 2.05) is 26.8 Å². The molecule has 1 saturated heterocycles. The van der Waals surface area contributed by atoms with Gasteiger partial charge in [-0.15, -0.1) is 0 Å². The Morgan fingerprint density at radius 3 is 2.31 bits per heavy atom. The number of para-hydroxylation sites is 1. The number of piperazine rings is 1. The number of aliphatic imine (C=N–C) groups is 1. The SMILES string of the molecule is COc1c(OCCCN2CCN(c3ccccc3)CC2)ccc(OC(C)(C)C)c1N=C=O. The van der Waals surface area contributed by atoms with Gasteiger partial charge in [0, 0.05) is 38.4 Å². The number of rotatable bonds is 9. The van der Waals surface area contributed by atoms with Crippen LogP contribution in [0.1, 0.15) is 27.2 Å². The minimum Gasteiger partial charge on any atom is -0.491 e. The smallest absolute Gasteiger partial charge is 0.240 e. The second-order valence-corrected chi connectivity index (χ2v) is 8.73. The topological polar surface area (TPSA) is 63.6 Å². The van der Waals surface area contributed by atoms with E-state index in [0.29, 0.717) is 29.5 Å². The first-order valence-corrected chi connectivity index (χ1v) is 11.0. The zero-order valence-corrected chi connectivity index (χ0v) is 19.5. The second kappa shape index (κ2) is 11.0. The third-order valence-electron chi connectivity index (χ3n) is 5.21. The molecule has 7 nitrogen and oxygen atoms in total. The number of carbonyl (C=O) groups excluding carboxylic acids is 1. The lowest BCUT2D eigenvalue weighted by molar-refractivity contribution is 0.131. The highest BCUT2D eigenvalue weighted by atomic mass is 16.5. The van der Waals surface area contributed by atoms with E-state index in [9.17, 15) is 4.79 Å². The number of anilines is 1. The van der Waals surface area contributed by atoms with Crippen molar-refractivity contribution in [2.45, 2.75) is 32.8 Å². The molecule has 3 rings (SSSR count). The molecule has 0 bridgehead atoms. The Bertz CT molecular complexity index is 913. The van der Waals surface area contributed by atoms with Crippen LogP contribution >= 0.6 is 0 Å². The fraction of sp³-hybridized carbons (Fsp3) is 0.480. The minimum absolute atomic E-state index is 0.298. The van der Waals surface area contributed by atoms with Gasteiger partial charge in [0.25, 0.3) is 0 Å². The Kier molecular flexibility index (Phi) is 8.14. The Balaban J connectivity index is 1.52. The number of isocyanates is 1. The molecule has 7 heteroatoms. The predicted molar refractivity (Wildman–Crippen MR) is 126 cm³/mol. The summed E-state index contributed by atoms with van der Waals surface area (Å²) in [5, 5.41) is 0. The first-order chi connectivity index (χ1) is 15.4. The number of hydrogen-bond acceptors (Lipinski definition) is 7. The Hall–Kier alpha value is -3.02. The molecule has 1 heterocycles. The normalized spacial score (nSPS) is 14.6. The van der Waals surface area contributed by atoms with Gasteiger partial charge in [-0.2, -0.15) is 4.99 Å². The monoisotopic (exact) mass is 439 g/mol. The lowest BCUT2D eigenvalue weighted by atomic mass is 10.1. The highest BCUT2D eigenvalue weighted by Crippen LogP contribution is 2.45. The molecule has 0 spiro atoms. The molecule has 2 aromatic rings. The largest absolute Gasteiger partial charge is 0.491 e. The molecule has 0 aromatic heterocycles. The maximum absolute atomic E-state index is 11.0. The van der Waals surface area contributed by atoms with Crippen LogP contribution in [0.25, 0.3) is 0 Å². The van der Waals surface area contributed by atoms with Crippen LogP contribution in [0.4, 0.5) is 11.4 Å². The van der Waals surface area contributed by atoms with E-state index in [-0.39, 0.29) is 0 Å². The zero-order chi connectivity index (χ0) is 23.0. The number of ether oxygens (including phenoxy) is 3. The summed E-state index contributed by atoms with van der Waals surface area (Å²) >= 11 is 0. The van der Waals surface area contributed by atoms with Gasteiger partial charge in [-0.3, -0.25) is 4.90 Å². The first-order valence-electron chi connectivity index (χ1n) is 11.0. The molecule has 1 aliphatic rings. The van der Waals surface area contributed by atoms with Gasteiger partial charge >= 0.3 is 0 Å². The van der Waals surface area contributed by atoms with Gasteiger partial charge in [0.1, 0.15) is 5.60 Å². The molecule has 0 unspecified atom stereocenters. The second-order valence-electron chi connectivity index (χ2n) is 8.73. The molecular formula is C25H33N3O4. The van der Waals surface area contributed by atoms with E-state index in [4.69, 9.17) is 14.2 Å². The molecule has 2 aromatic carbocycles. The van der Waals surface area contributed by atoms with E-state index in [1.54, 1.807) is 18.2 Å². The third-order valence-corrected chi connectivity index (χ3v) is 5.21. The molecule has 1 fully saturated rings. The fourth-order valence-electron chi connectivity index (χ4n) is 3.75. The minimum atomic E-state index is -0.439. The summed E-state index contributed by atoms with van der Waals surface area (Å²) in [5.41, 5.74) is 1.15. The molecule has 0 N–H and O–H groups in total. The highest BCUT2D eigenvalue weighted by molar-refractivity contribution is 5.70. The van der Waals surface area contributed by atoms with E-state index >= 15 is 0 Å². The predicted octanol–water partition coefficient (Wildman–Crippen LogP) is 4.43. The summed E-state index contributed by atoms with van der Waals surface area (Å²) in [6.07, 6.45) is 2.48. The van der Waals surface area contributed by atoms with E-state index < -0.39 is 5.60 Å². The van der Waals surface area contributed by atoms with Gasteiger partial charge in [0.05, 0.1) is 13.7 Å². The summed E-state index contributed by atoms with van der Waals surface area (Å²) in [4.78, 5) is 19.7. The van der Waals surface area contributed by atoms with Crippen molar-refractivity contribution < 1.29 is 19.0 Å². The van der Waals surface area contributed by atoms with Crippen molar-refractivity contribution in [1.29, 1.82) is 0 Å². The standard InChI is InChI=1S/C25H33N3O4/c1-25(2,3)32-21-11-12-22(24(30-4)23(21)26-19-29)31-18-8-13-27-14-16-28(17-15-27)20-9-6-5-7-10-20/h5-7,9-12H,8,13-18H2,1-4H3. The summed E-state index contributed by atoms with van der Waals surface area (Å²) in [6, 6.07) is 14.1. The van der Waals surface area contributed by atoms with Crippen LogP contribution in [0.15, 0.2) is 47.5 Å². The van der Waals surface area contributed by atoms with Crippen molar-refractivity contribution in [3.63, 3.8) is 0 Å². The Morgan fingerprint density at radius 2 is 1.69 bits per heavy atom. The number of methoxy groups -OCH3 is 1. The van der Waals surface area contributed by atoms with Crippen LogP contribution < -0.4 is 19.1 Å². The number of benzene rings is 2. The molecule has 172 valence electrons. The zero-order valence-electron chi connectivity index (χ0n) is 19.5. The first kappa shape index (κ1) is 23.6. The van der Waals surface area contributed by atoms with Gasteiger partial charge in [-0.05, 0) is 51.5 Å². The van der Waals surface area contributed by atoms with Crippen LogP contribution in [0.2, 0.25) is 0 Å². The molecule has 0 saturated carbocycles. The van der Waals surface area contributed by atoms with Crippen LogP contribution in [0, 0.1) is 0 Å². The van der Waals surface area contributed by atoms with Gasteiger partial charge in [0.2, 0.25) is 6.08 Å². The van der Waals surface area contributed by atoms with Crippen molar-refractivity contribution in [1.82, 2.24) is 4.90 Å². The fourth-order valence-corrected chi connectivity index (χ4v) is 3.75. The highest BCUT2D eigenvalue weighted by Gasteiger charge is 2.21. The molecule has 1 aliphatic heterocycles. The van der Waals surface area contributed by atoms with Crippen LogP contribution in [-0.2, 0) is 4.79 Å². The maximum atomic E-state index is 11.0. The Labute approximate surface area is 190 Å². The number of hydrogen-bond donors (Lipinski definition) is 0. The lowest BCUT2D eigenvalue weighted by Gasteiger charge is -2.36. The summed E-state index contributed by atoms with van der Waals surface area (Å²) in [7, 11) is 1.53. The molecule has 32 heavy (non-hydrogen) atoms. The number of nitrogens with zero attached hydrogens (tertiary/aromatic N) is 3. The van der Waals surface area contributed by atoms with Crippen molar-refractivity contribution in [3.05, 3.63) is 42.5 Å². The van der Waals surface area contributed by atoms with Crippen LogP contribution in [0.5, 0.6) is 17.2 Å². The molecule has 0 atom stereocenters. The van der Waals surface area contributed by atoms with Gasteiger partial charge in [0.15, 0.2) is 22.9 Å². The average Bonchev–Trinajstić information content (AvgIpc) is 2.78.